The van der Waals surface area contributed by atoms with Gasteiger partial charge in [-0.25, -0.2) is 0 Å². The van der Waals surface area contributed by atoms with E-state index in [1.807, 2.05) is 6.20 Å². The van der Waals surface area contributed by atoms with Crippen LogP contribution in [-0.4, -0.2) is 42.4 Å². The summed E-state index contributed by atoms with van der Waals surface area (Å²) in [5.74, 6) is 1.61. The molecule has 0 fully saturated rings. The van der Waals surface area contributed by atoms with E-state index >= 15 is 0 Å². The van der Waals surface area contributed by atoms with Crippen LogP contribution in [0.25, 0.3) is 11.3 Å². The third-order valence-electron chi connectivity index (χ3n) is 5.12. The highest BCUT2D eigenvalue weighted by Gasteiger charge is 2.38. The van der Waals surface area contributed by atoms with Gasteiger partial charge in [0.1, 0.15) is 0 Å². The van der Waals surface area contributed by atoms with Crippen molar-refractivity contribution < 1.29 is 9.47 Å². The summed E-state index contributed by atoms with van der Waals surface area (Å²) in [6.45, 7) is 4.48. The molecule has 1 unspecified atom stereocenters. The Balaban J connectivity index is 1.98. The zero-order valence-corrected chi connectivity index (χ0v) is 14.0. The molecule has 5 heteroatoms. The highest BCUT2D eigenvalue weighted by molar-refractivity contribution is 5.81. The number of rotatable bonds is 4. The summed E-state index contributed by atoms with van der Waals surface area (Å²) in [6.07, 6.45) is 5.27. The van der Waals surface area contributed by atoms with E-state index in [1.165, 1.54) is 23.1 Å². The topological polar surface area (TPSA) is 50.4 Å². The quantitative estimate of drug-likeness (QED) is 0.943. The molecular weight excluding hydrogens is 290 g/mol. The van der Waals surface area contributed by atoms with Gasteiger partial charge >= 0.3 is 0 Å². The first-order valence-electron chi connectivity index (χ1n) is 8.33. The number of hydrogen-bond donors (Lipinski definition) is 1. The summed E-state index contributed by atoms with van der Waals surface area (Å²) in [6, 6.07) is 2.57. The average molecular weight is 313 g/mol. The predicted molar refractivity (Wildman–Crippen MR) is 89.1 cm³/mol. The van der Waals surface area contributed by atoms with Crippen molar-refractivity contribution >= 4 is 0 Å². The zero-order chi connectivity index (χ0) is 16.0. The number of fused-ring (bicyclic) bond motifs is 2. The summed E-state index contributed by atoms with van der Waals surface area (Å²) in [4.78, 5) is 2.60. The largest absolute Gasteiger partial charge is 0.493 e. The summed E-state index contributed by atoms with van der Waals surface area (Å²) < 4.78 is 11.3. The molecule has 0 spiro atoms. The Bertz CT molecular complexity index is 738. The summed E-state index contributed by atoms with van der Waals surface area (Å²) in [7, 11) is 3.41. The Morgan fingerprint density at radius 1 is 1.30 bits per heavy atom. The molecular formula is C18H23N3O2. The van der Waals surface area contributed by atoms with Gasteiger partial charge in [-0.05, 0) is 48.6 Å². The first-order valence-corrected chi connectivity index (χ1v) is 8.33. The van der Waals surface area contributed by atoms with Gasteiger partial charge in [-0.15, -0.1) is 0 Å². The van der Waals surface area contributed by atoms with Crippen LogP contribution in [0.4, 0.5) is 0 Å². The minimum atomic E-state index is 0.415. The molecule has 2 aliphatic rings. The van der Waals surface area contributed by atoms with Crippen molar-refractivity contribution in [3.8, 4) is 22.8 Å². The first kappa shape index (κ1) is 14.6. The average Bonchev–Trinajstić information content (AvgIpc) is 3.05. The van der Waals surface area contributed by atoms with Gasteiger partial charge in [-0.2, -0.15) is 5.10 Å². The van der Waals surface area contributed by atoms with Crippen LogP contribution in [0.15, 0.2) is 12.3 Å². The number of aromatic nitrogens is 2. The van der Waals surface area contributed by atoms with E-state index in [-0.39, 0.29) is 0 Å². The molecule has 1 atom stereocenters. The molecule has 1 aromatic carbocycles. The van der Waals surface area contributed by atoms with Gasteiger partial charge < -0.3 is 9.47 Å². The molecule has 0 radical (unpaired) electrons. The molecule has 2 heterocycles. The molecule has 0 bridgehead atoms. The van der Waals surface area contributed by atoms with Gasteiger partial charge in [-0.3, -0.25) is 10.00 Å². The van der Waals surface area contributed by atoms with Gasteiger partial charge in [-0.1, -0.05) is 6.92 Å². The smallest absolute Gasteiger partial charge is 0.170 e. The predicted octanol–water partition coefficient (Wildman–Crippen LogP) is 2.96. The number of nitrogens with zero attached hydrogens (tertiary/aromatic N) is 2. The zero-order valence-electron chi connectivity index (χ0n) is 14.0. The Morgan fingerprint density at radius 3 is 2.91 bits per heavy atom. The minimum absolute atomic E-state index is 0.415. The number of aromatic amines is 1. The molecule has 4 rings (SSSR count). The summed E-state index contributed by atoms with van der Waals surface area (Å²) in [5.41, 5.74) is 6.18. The van der Waals surface area contributed by atoms with Gasteiger partial charge in [0.25, 0.3) is 0 Å². The second-order valence-electron chi connectivity index (χ2n) is 6.32. The standard InChI is InChI=1S/C18H23N3O2/c1-4-6-21-7-5-11-9-14(22-2)18(23-3)16-15(11)13(21)8-12-10-19-20-17(12)16/h9-10,13H,4-8H2,1-3H3,(H,19,20). The summed E-state index contributed by atoms with van der Waals surface area (Å²) in [5, 5.41) is 7.54. The van der Waals surface area contributed by atoms with Gasteiger partial charge in [0.2, 0.25) is 0 Å². The minimum Gasteiger partial charge on any atom is -0.493 e. The number of H-pyrrole nitrogens is 1. The van der Waals surface area contributed by atoms with E-state index in [0.717, 1.165) is 48.7 Å². The van der Waals surface area contributed by atoms with Crippen LogP contribution in [0.2, 0.25) is 0 Å². The molecule has 122 valence electrons. The number of ether oxygens (including phenoxy) is 2. The molecule has 1 N–H and O–H groups in total. The lowest BCUT2D eigenvalue weighted by Gasteiger charge is -2.41. The number of hydrogen-bond acceptors (Lipinski definition) is 4. The highest BCUT2D eigenvalue weighted by atomic mass is 16.5. The van der Waals surface area contributed by atoms with Crippen molar-refractivity contribution in [3.63, 3.8) is 0 Å². The first-order chi connectivity index (χ1) is 11.3. The van der Waals surface area contributed by atoms with Crippen LogP contribution < -0.4 is 9.47 Å². The van der Waals surface area contributed by atoms with Crippen LogP contribution in [0.3, 0.4) is 0 Å². The maximum absolute atomic E-state index is 5.73. The van der Waals surface area contributed by atoms with Gasteiger partial charge in [0, 0.05) is 18.8 Å². The third kappa shape index (κ3) is 2.06. The lowest BCUT2D eigenvalue weighted by Crippen LogP contribution is -2.38. The maximum atomic E-state index is 5.73. The van der Waals surface area contributed by atoms with Crippen LogP contribution in [-0.2, 0) is 12.8 Å². The molecule has 1 aromatic heterocycles. The highest BCUT2D eigenvalue weighted by Crippen LogP contribution is 2.51. The Kier molecular flexibility index (Phi) is 3.53. The van der Waals surface area contributed by atoms with Crippen LogP contribution in [0, 0.1) is 0 Å². The second-order valence-corrected chi connectivity index (χ2v) is 6.32. The fraction of sp³-hybridized carbons (Fsp3) is 0.500. The maximum Gasteiger partial charge on any atom is 0.170 e. The Hall–Kier alpha value is -2.01. The second kappa shape index (κ2) is 5.57. The molecule has 1 aliphatic heterocycles. The molecule has 5 nitrogen and oxygen atoms in total. The number of nitrogens with one attached hydrogen (secondary N) is 1. The molecule has 1 aliphatic carbocycles. The third-order valence-corrected chi connectivity index (χ3v) is 5.12. The van der Waals surface area contributed by atoms with E-state index in [2.05, 4.69) is 28.1 Å². The van der Waals surface area contributed by atoms with Crippen molar-refractivity contribution in [2.75, 3.05) is 27.3 Å². The SMILES string of the molecule is CCCN1CCc2cc(OC)c(OC)c3c2C1Cc1c[nH]nc1-3. The van der Waals surface area contributed by atoms with Crippen molar-refractivity contribution in [3.05, 3.63) is 29.0 Å². The fourth-order valence-corrected chi connectivity index (χ4v) is 4.17. The normalized spacial score (nSPS) is 19.2. The van der Waals surface area contributed by atoms with E-state index in [9.17, 15) is 0 Å². The van der Waals surface area contributed by atoms with Crippen LogP contribution in [0.1, 0.15) is 36.1 Å². The number of benzene rings is 1. The van der Waals surface area contributed by atoms with Gasteiger partial charge in [0.05, 0.1) is 25.5 Å². The van der Waals surface area contributed by atoms with E-state index < -0.39 is 0 Å². The van der Waals surface area contributed by atoms with Crippen molar-refractivity contribution in [1.82, 2.24) is 15.1 Å². The monoisotopic (exact) mass is 313 g/mol. The van der Waals surface area contributed by atoms with E-state index in [0.29, 0.717) is 6.04 Å². The van der Waals surface area contributed by atoms with Crippen LogP contribution >= 0.6 is 0 Å². The van der Waals surface area contributed by atoms with Crippen molar-refractivity contribution in [2.24, 2.45) is 0 Å². The van der Waals surface area contributed by atoms with Crippen molar-refractivity contribution in [2.45, 2.75) is 32.2 Å². The Labute approximate surface area is 136 Å². The fourth-order valence-electron chi connectivity index (χ4n) is 4.17. The lowest BCUT2D eigenvalue weighted by atomic mass is 9.79. The summed E-state index contributed by atoms with van der Waals surface area (Å²) >= 11 is 0. The number of methoxy groups -OCH3 is 2. The molecule has 0 saturated heterocycles. The molecule has 0 amide bonds. The molecule has 2 aromatic rings. The van der Waals surface area contributed by atoms with E-state index in [4.69, 9.17) is 9.47 Å². The lowest BCUT2D eigenvalue weighted by molar-refractivity contribution is 0.182. The van der Waals surface area contributed by atoms with Gasteiger partial charge in [0.15, 0.2) is 11.5 Å². The Morgan fingerprint density at radius 2 is 2.17 bits per heavy atom. The molecule has 0 saturated carbocycles. The van der Waals surface area contributed by atoms with E-state index in [1.54, 1.807) is 14.2 Å². The van der Waals surface area contributed by atoms with Crippen LogP contribution in [0.5, 0.6) is 11.5 Å². The van der Waals surface area contributed by atoms with Crippen molar-refractivity contribution in [1.29, 1.82) is 0 Å². The molecule has 23 heavy (non-hydrogen) atoms.